The summed E-state index contributed by atoms with van der Waals surface area (Å²) in [5.41, 5.74) is 0. The molecule has 2 bridgehead atoms. The van der Waals surface area contributed by atoms with Gasteiger partial charge in [0.15, 0.2) is 0 Å². The van der Waals surface area contributed by atoms with Gasteiger partial charge >= 0.3 is 0 Å². The normalized spacial score (nSPS) is 32.6. The number of rotatable bonds is 3. The lowest BCUT2D eigenvalue weighted by molar-refractivity contribution is -0.956. The molecule has 0 atom stereocenters. The first-order valence-corrected chi connectivity index (χ1v) is 6.39. The topological polar surface area (TPSA) is 9.23 Å². The molecule has 16 heavy (non-hydrogen) atoms. The Kier molecular flexibility index (Phi) is 2.60. The van der Waals surface area contributed by atoms with Gasteiger partial charge in [0.2, 0.25) is 6.73 Å². The predicted octanol–water partition coefficient (Wildman–Crippen LogP) is 2.65. The van der Waals surface area contributed by atoms with Gasteiger partial charge < -0.3 is 4.74 Å². The molecule has 0 aliphatic carbocycles. The van der Waals surface area contributed by atoms with Gasteiger partial charge in [0.05, 0.1) is 19.6 Å². The van der Waals surface area contributed by atoms with E-state index in [9.17, 15) is 0 Å². The minimum atomic E-state index is 0.872. The molecule has 0 unspecified atom stereocenters. The quantitative estimate of drug-likeness (QED) is 0.709. The van der Waals surface area contributed by atoms with Crippen molar-refractivity contribution in [3.8, 4) is 5.75 Å². The number of fused-ring (bicyclic) bond motifs is 3. The highest BCUT2D eigenvalue weighted by Gasteiger charge is 2.39. The van der Waals surface area contributed by atoms with Crippen LogP contribution in [0.1, 0.15) is 19.3 Å². The molecule has 2 nitrogen and oxygen atoms in total. The zero-order valence-electron chi connectivity index (χ0n) is 9.77. The first-order chi connectivity index (χ1) is 7.86. The Labute approximate surface area is 97.4 Å². The number of quaternary nitrogens is 1. The van der Waals surface area contributed by atoms with Crippen LogP contribution in [0.4, 0.5) is 0 Å². The Hall–Kier alpha value is -1.02. The summed E-state index contributed by atoms with van der Waals surface area (Å²) in [7, 11) is 0. The second-order valence-electron chi connectivity index (χ2n) is 5.33. The Bertz CT molecular complexity index is 327. The van der Waals surface area contributed by atoms with Gasteiger partial charge in [0, 0.05) is 0 Å². The number of nitrogens with zero attached hydrogens (tertiary/aromatic N) is 1. The van der Waals surface area contributed by atoms with Crippen molar-refractivity contribution in [3.05, 3.63) is 30.3 Å². The first-order valence-electron chi connectivity index (χ1n) is 6.39. The summed E-state index contributed by atoms with van der Waals surface area (Å²) in [5.74, 6) is 2.04. The molecule has 3 heterocycles. The van der Waals surface area contributed by atoms with E-state index in [4.69, 9.17) is 4.74 Å². The minimum absolute atomic E-state index is 0.872. The Morgan fingerprint density at radius 1 is 1.00 bits per heavy atom. The fourth-order valence-corrected chi connectivity index (χ4v) is 3.06. The standard InChI is InChI=1S/C14H20NO/c1-2-4-14(5-3-1)16-12-15-9-6-13(7-10-15)8-11-15/h1-5,13H,6-12H2/q+1. The predicted molar refractivity (Wildman–Crippen MR) is 64.1 cm³/mol. The van der Waals surface area contributed by atoms with Crippen molar-refractivity contribution in [1.29, 1.82) is 0 Å². The second kappa shape index (κ2) is 4.10. The highest BCUT2D eigenvalue weighted by Crippen LogP contribution is 2.33. The number of piperidine rings is 3. The van der Waals surface area contributed by atoms with Crippen molar-refractivity contribution in [2.24, 2.45) is 5.92 Å². The van der Waals surface area contributed by atoms with Crippen LogP contribution in [0.3, 0.4) is 0 Å². The number of para-hydroxylation sites is 1. The van der Waals surface area contributed by atoms with Gasteiger partial charge in [0.25, 0.3) is 0 Å². The lowest BCUT2D eigenvalue weighted by Crippen LogP contribution is -2.59. The van der Waals surface area contributed by atoms with Crippen molar-refractivity contribution in [2.75, 3.05) is 26.4 Å². The van der Waals surface area contributed by atoms with Crippen molar-refractivity contribution < 1.29 is 9.22 Å². The molecule has 0 spiro atoms. The van der Waals surface area contributed by atoms with E-state index >= 15 is 0 Å². The lowest BCUT2D eigenvalue weighted by atomic mass is 9.86. The van der Waals surface area contributed by atoms with Crippen molar-refractivity contribution in [3.63, 3.8) is 0 Å². The summed E-state index contributed by atoms with van der Waals surface area (Å²) in [5, 5.41) is 0. The third kappa shape index (κ3) is 1.94. The summed E-state index contributed by atoms with van der Waals surface area (Å²) in [6.45, 7) is 4.86. The van der Waals surface area contributed by atoms with Crippen LogP contribution in [0.15, 0.2) is 30.3 Å². The van der Waals surface area contributed by atoms with E-state index in [1.807, 2.05) is 18.2 Å². The Balaban J connectivity index is 1.62. The van der Waals surface area contributed by atoms with Crippen LogP contribution in [0.5, 0.6) is 5.75 Å². The number of benzene rings is 1. The largest absolute Gasteiger partial charge is 0.445 e. The van der Waals surface area contributed by atoms with Crippen molar-refractivity contribution in [2.45, 2.75) is 19.3 Å². The van der Waals surface area contributed by atoms with Gasteiger partial charge in [-0.15, -0.1) is 0 Å². The van der Waals surface area contributed by atoms with Crippen LogP contribution in [-0.2, 0) is 0 Å². The third-order valence-electron chi connectivity index (χ3n) is 4.28. The molecule has 0 saturated carbocycles. The Morgan fingerprint density at radius 2 is 1.62 bits per heavy atom. The highest BCUT2D eigenvalue weighted by atomic mass is 16.5. The maximum absolute atomic E-state index is 5.94. The van der Waals surface area contributed by atoms with Gasteiger partial charge in [-0.25, -0.2) is 0 Å². The summed E-state index contributed by atoms with van der Waals surface area (Å²) in [4.78, 5) is 0. The first kappa shape index (κ1) is 10.2. The molecule has 1 aromatic rings. The minimum Gasteiger partial charge on any atom is -0.445 e. The molecule has 0 aromatic heterocycles. The van der Waals surface area contributed by atoms with E-state index in [1.165, 1.54) is 43.4 Å². The fraction of sp³-hybridized carbons (Fsp3) is 0.571. The summed E-state index contributed by atoms with van der Waals surface area (Å²) >= 11 is 0. The number of hydrogen-bond acceptors (Lipinski definition) is 1. The van der Waals surface area contributed by atoms with E-state index in [2.05, 4.69) is 12.1 Å². The van der Waals surface area contributed by atoms with E-state index in [0.717, 1.165) is 18.4 Å². The molecule has 3 fully saturated rings. The molecular formula is C14H20NO+. The van der Waals surface area contributed by atoms with E-state index in [-0.39, 0.29) is 0 Å². The van der Waals surface area contributed by atoms with E-state index in [1.54, 1.807) is 0 Å². The zero-order chi connectivity index (χ0) is 10.8. The SMILES string of the molecule is c1ccc(OC[N+]23CCC(CC2)CC3)cc1. The molecule has 3 saturated heterocycles. The van der Waals surface area contributed by atoms with Gasteiger partial charge in [-0.1, -0.05) is 18.2 Å². The molecule has 0 radical (unpaired) electrons. The van der Waals surface area contributed by atoms with Gasteiger partial charge in [0.1, 0.15) is 5.75 Å². The van der Waals surface area contributed by atoms with Crippen LogP contribution in [-0.4, -0.2) is 30.8 Å². The van der Waals surface area contributed by atoms with E-state index < -0.39 is 0 Å². The second-order valence-corrected chi connectivity index (χ2v) is 5.33. The van der Waals surface area contributed by atoms with Crippen LogP contribution in [0, 0.1) is 5.92 Å². The highest BCUT2D eigenvalue weighted by molar-refractivity contribution is 5.20. The molecule has 3 aliphatic heterocycles. The maximum atomic E-state index is 5.94. The fourth-order valence-electron chi connectivity index (χ4n) is 3.06. The van der Waals surface area contributed by atoms with Crippen molar-refractivity contribution >= 4 is 0 Å². The molecule has 86 valence electrons. The molecule has 2 heteroatoms. The van der Waals surface area contributed by atoms with Crippen molar-refractivity contribution in [1.82, 2.24) is 0 Å². The summed E-state index contributed by atoms with van der Waals surface area (Å²) in [6.07, 6.45) is 4.24. The number of ether oxygens (including phenoxy) is 1. The summed E-state index contributed by atoms with van der Waals surface area (Å²) < 4.78 is 7.14. The Morgan fingerprint density at radius 3 is 2.25 bits per heavy atom. The molecule has 3 aliphatic rings. The average Bonchev–Trinajstić information content (AvgIpc) is 2.40. The summed E-state index contributed by atoms with van der Waals surface area (Å²) in [6, 6.07) is 10.2. The zero-order valence-corrected chi connectivity index (χ0v) is 9.77. The van der Waals surface area contributed by atoms with Gasteiger partial charge in [-0.2, -0.15) is 0 Å². The molecule has 0 amide bonds. The monoisotopic (exact) mass is 218 g/mol. The van der Waals surface area contributed by atoms with E-state index in [0.29, 0.717) is 0 Å². The third-order valence-corrected chi connectivity index (χ3v) is 4.28. The molecule has 4 rings (SSSR count). The van der Waals surface area contributed by atoms with Crippen LogP contribution in [0.2, 0.25) is 0 Å². The van der Waals surface area contributed by atoms with Crippen LogP contribution < -0.4 is 4.74 Å². The lowest BCUT2D eigenvalue weighted by Gasteiger charge is -2.48. The average molecular weight is 218 g/mol. The van der Waals surface area contributed by atoms with Crippen LogP contribution >= 0.6 is 0 Å². The molecule has 0 N–H and O–H groups in total. The molecule has 1 aromatic carbocycles. The maximum Gasteiger partial charge on any atom is 0.224 e. The number of hydrogen-bond donors (Lipinski definition) is 0. The smallest absolute Gasteiger partial charge is 0.224 e. The van der Waals surface area contributed by atoms with Crippen LogP contribution in [0.25, 0.3) is 0 Å². The van der Waals surface area contributed by atoms with Gasteiger partial charge in [-0.3, -0.25) is 4.48 Å². The van der Waals surface area contributed by atoms with Gasteiger partial charge in [-0.05, 0) is 37.3 Å². The molecular weight excluding hydrogens is 198 g/mol.